The molecular weight excluding hydrogens is 304 g/mol. The van der Waals surface area contributed by atoms with Crippen LogP contribution in [-0.2, 0) is 6.42 Å². The lowest BCUT2D eigenvalue weighted by Gasteiger charge is -2.05. The summed E-state index contributed by atoms with van der Waals surface area (Å²) in [7, 11) is 1.65. The topological polar surface area (TPSA) is 68.5 Å². The van der Waals surface area contributed by atoms with Crippen molar-refractivity contribution in [2.24, 2.45) is 0 Å². The summed E-state index contributed by atoms with van der Waals surface area (Å²) in [5.41, 5.74) is 3.29. The van der Waals surface area contributed by atoms with Gasteiger partial charge in [-0.3, -0.25) is 4.79 Å². The lowest BCUT2D eigenvalue weighted by molar-refractivity contribution is 0.0954. The van der Waals surface area contributed by atoms with E-state index in [0.717, 1.165) is 24.2 Å². The highest BCUT2D eigenvalue weighted by Gasteiger charge is 2.13. The van der Waals surface area contributed by atoms with E-state index in [1.54, 1.807) is 24.0 Å². The SMILES string of the molecule is COc1ccc(CCCNC(=O)c2cnn3cc(C)cnc23)cc1. The van der Waals surface area contributed by atoms with Gasteiger partial charge in [-0.1, -0.05) is 12.1 Å². The second kappa shape index (κ2) is 7.12. The number of methoxy groups -OCH3 is 1. The molecule has 2 heterocycles. The molecule has 0 aliphatic rings. The first-order valence-corrected chi connectivity index (χ1v) is 7.88. The first-order valence-electron chi connectivity index (χ1n) is 7.88. The fraction of sp³-hybridized carbons (Fsp3) is 0.278. The number of fused-ring (bicyclic) bond motifs is 1. The number of ether oxygens (including phenoxy) is 1. The Morgan fingerprint density at radius 2 is 2.04 bits per heavy atom. The minimum absolute atomic E-state index is 0.143. The molecule has 6 heteroatoms. The summed E-state index contributed by atoms with van der Waals surface area (Å²) in [5.74, 6) is 0.707. The third-order valence-corrected chi connectivity index (χ3v) is 3.82. The predicted octanol–water partition coefficient (Wildman–Crippen LogP) is 2.41. The number of aromatic nitrogens is 3. The maximum absolute atomic E-state index is 12.3. The van der Waals surface area contributed by atoms with Crippen LogP contribution in [0, 0.1) is 6.92 Å². The molecule has 3 rings (SSSR count). The smallest absolute Gasteiger partial charge is 0.256 e. The summed E-state index contributed by atoms with van der Waals surface area (Å²) in [6, 6.07) is 7.97. The molecule has 124 valence electrons. The lowest BCUT2D eigenvalue weighted by Crippen LogP contribution is -2.24. The van der Waals surface area contributed by atoms with Crippen molar-refractivity contribution in [2.45, 2.75) is 19.8 Å². The third-order valence-electron chi connectivity index (χ3n) is 3.82. The molecule has 1 N–H and O–H groups in total. The van der Waals surface area contributed by atoms with Crippen LogP contribution < -0.4 is 10.1 Å². The Morgan fingerprint density at radius 3 is 2.79 bits per heavy atom. The Kier molecular flexibility index (Phi) is 4.74. The summed E-state index contributed by atoms with van der Waals surface area (Å²) in [5, 5.41) is 7.10. The minimum Gasteiger partial charge on any atom is -0.497 e. The average molecular weight is 324 g/mol. The molecule has 1 aromatic carbocycles. The molecule has 0 aliphatic carbocycles. The molecule has 6 nitrogen and oxygen atoms in total. The Bertz CT molecular complexity index is 840. The third kappa shape index (κ3) is 3.53. The van der Waals surface area contributed by atoms with E-state index in [1.807, 2.05) is 37.4 Å². The van der Waals surface area contributed by atoms with Crippen molar-refractivity contribution >= 4 is 11.6 Å². The molecule has 1 amide bonds. The van der Waals surface area contributed by atoms with E-state index in [2.05, 4.69) is 15.4 Å². The van der Waals surface area contributed by atoms with Crippen molar-refractivity contribution in [3.05, 3.63) is 59.5 Å². The van der Waals surface area contributed by atoms with E-state index in [9.17, 15) is 4.79 Å². The maximum Gasteiger partial charge on any atom is 0.256 e. The van der Waals surface area contributed by atoms with Gasteiger partial charge in [-0.2, -0.15) is 5.10 Å². The van der Waals surface area contributed by atoms with Crippen LogP contribution in [0.5, 0.6) is 5.75 Å². The van der Waals surface area contributed by atoms with Crippen molar-refractivity contribution < 1.29 is 9.53 Å². The standard InChI is InChI=1S/C18H20N4O2/c1-13-10-20-17-16(11-21-22(17)12-13)18(23)19-9-3-4-14-5-7-15(24-2)8-6-14/h5-8,10-12H,3-4,9H2,1-2H3,(H,19,23). The number of nitrogens with one attached hydrogen (secondary N) is 1. The van der Waals surface area contributed by atoms with E-state index in [-0.39, 0.29) is 5.91 Å². The summed E-state index contributed by atoms with van der Waals surface area (Å²) < 4.78 is 6.77. The zero-order chi connectivity index (χ0) is 16.9. The van der Waals surface area contributed by atoms with Crippen LogP contribution in [-0.4, -0.2) is 34.2 Å². The van der Waals surface area contributed by atoms with Gasteiger partial charge in [0, 0.05) is 18.9 Å². The molecule has 0 spiro atoms. The normalized spacial score (nSPS) is 10.8. The van der Waals surface area contributed by atoms with Crippen molar-refractivity contribution in [3.63, 3.8) is 0 Å². The number of amides is 1. The van der Waals surface area contributed by atoms with Gasteiger partial charge in [0.05, 0.1) is 13.3 Å². The van der Waals surface area contributed by atoms with Gasteiger partial charge in [0.25, 0.3) is 5.91 Å². The molecule has 0 atom stereocenters. The van der Waals surface area contributed by atoms with Crippen molar-refractivity contribution in [1.29, 1.82) is 0 Å². The highest BCUT2D eigenvalue weighted by Crippen LogP contribution is 2.12. The second-order valence-corrected chi connectivity index (χ2v) is 5.67. The van der Waals surface area contributed by atoms with E-state index < -0.39 is 0 Å². The Hall–Kier alpha value is -2.89. The quantitative estimate of drug-likeness (QED) is 0.707. The zero-order valence-corrected chi connectivity index (χ0v) is 13.8. The Balaban J connectivity index is 1.53. The van der Waals surface area contributed by atoms with Gasteiger partial charge in [-0.15, -0.1) is 0 Å². The highest BCUT2D eigenvalue weighted by molar-refractivity contribution is 5.99. The van der Waals surface area contributed by atoms with Crippen LogP contribution in [0.1, 0.15) is 27.9 Å². The number of aryl methyl sites for hydroxylation is 2. The average Bonchev–Trinajstić information content (AvgIpc) is 3.02. The number of carbonyl (C=O) groups excluding carboxylic acids is 1. The van der Waals surface area contributed by atoms with Gasteiger partial charge in [0.1, 0.15) is 11.3 Å². The number of rotatable bonds is 6. The van der Waals surface area contributed by atoms with E-state index in [1.165, 1.54) is 5.56 Å². The highest BCUT2D eigenvalue weighted by atomic mass is 16.5. The molecule has 0 aliphatic heterocycles. The summed E-state index contributed by atoms with van der Waals surface area (Å²) in [4.78, 5) is 16.6. The molecule has 0 bridgehead atoms. The Labute approximate surface area is 140 Å². The monoisotopic (exact) mass is 324 g/mol. The lowest BCUT2D eigenvalue weighted by atomic mass is 10.1. The summed E-state index contributed by atoms with van der Waals surface area (Å²) in [6.07, 6.45) is 6.90. The fourth-order valence-corrected chi connectivity index (χ4v) is 2.51. The van der Waals surface area contributed by atoms with Crippen molar-refractivity contribution in [1.82, 2.24) is 19.9 Å². The van der Waals surface area contributed by atoms with Crippen LogP contribution in [0.4, 0.5) is 0 Å². The number of nitrogens with zero attached hydrogens (tertiary/aromatic N) is 3. The molecule has 2 aromatic heterocycles. The molecule has 3 aromatic rings. The second-order valence-electron chi connectivity index (χ2n) is 5.67. The van der Waals surface area contributed by atoms with Gasteiger partial charge >= 0.3 is 0 Å². The van der Waals surface area contributed by atoms with E-state index in [0.29, 0.717) is 17.8 Å². The van der Waals surface area contributed by atoms with Gasteiger partial charge in [-0.25, -0.2) is 9.50 Å². The minimum atomic E-state index is -0.143. The molecule has 0 saturated heterocycles. The summed E-state index contributed by atoms with van der Waals surface area (Å²) in [6.45, 7) is 2.54. The molecule has 0 radical (unpaired) electrons. The van der Waals surface area contributed by atoms with Crippen molar-refractivity contribution in [2.75, 3.05) is 13.7 Å². The predicted molar refractivity (Wildman–Crippen MR) is 91.4 cm³/mol. The summed E-state index contributed by atoms with van der Waals surface area (Å²) >= 11 is 0. The van der Waals surface area contributed by atoms with Crippen LogP contribution in [0.3, 0.4) is 0 Å². The van der Waals surface area contributed by atoms with Gasteiger partial charge in [-0.05, 0) is 43.0 Å². The van der Waals surface area contributed by atoms with E-state index in [4.69, 9.17) is 4.74 Å². The van der Waals surface area contributed by atoms with Crippen LogP contribution in [0.2, 0.25) is 0 Å². The number of hydrogen-bond acceptors (Lipinski definition) is 4. The molecule has 0 unspecified atom stereocenters. The van der Waals surface area contributed by atoms with Gasteiger partial charge < -0.3 is 10.1 Å². The molecule has 24 heavy (non-hydrogen) atoms. The van der Waals surface area contributed by atoms with Crippen LogP contribution in [0.15, 0.2) is 42.9 Å². The number of carbonyl (C=O) groups is 1. The molecule has 0 saturated carbocycles. The van der Waals surface area contributed by atoms with Gasteiger partial charge in [0.2, 0.25) is 0 Å². The number of hydrogen-bond donors (Lipinski definition) is 1. The fourth-order valence-electron chi connectivity index (χ4n) is 2.51. The zero-order valence-electron chi connectivity index (χ0n) is 13.8. The molecular formula is C18H20N4O2. The van der Waals surface area contributed by atoms with Crippen LogP contribution >= 0.6 is 0 Å². The largest absolute Gasteiger partial charge is 0.497 e. The first kappa shape index (κ1) is 16.0. The van der Waals surface area contributed by atoms with Crippen LogP contribution in [0.25, 0.3) is 5.65 Å². The van der Waals surface area contributed by atoms with E-state index >= 15 is 0 Å². The first-order chi connectivity index (χ1) is 11.7. The number of benzene rings is 1. The van der Waals surface area contributed by atoms with Crippen molar-refractivity contribution in [3.8, 4) is 5.75 Å². The molecule has 0 fully saturated rings. The van der Waals surface area contributed by atoms with Gasteiger partial charge in [0.15, 0.2) is 5.65 Å². The maximum atomic E-state index is 12.3. The Morgan fingerprint density at radius 1 is 1.25 bits per heavy atom.